The van der Waals surface area contributed by atoms with Crippen LogP contribution in [0.3, 0.4) is 0 Å². The highest BCUT2D eigenvalue weighted by molar-refractivity contribution is 7.99. The third kappa shape index (κ3) is 3.52. The van der Waals surface area contributed by atoms with Crippen molar-refractivity contribution in [3.05, 3.63) is 18.0 Å². The molecule has 0 bridgehead atoms. The molecule has 108 valence electrons. The standard InChI is InChI=1S/C14H26N4S/c1-4-7-15-14(12-6-8-16-18(12)5-2)13-11-19-10-9-17(13)3/h6,8,13-15H,4-5,7,9-11H2,1-3H3. The third-order valence-electron chi connectivity index (χ3n) is 3.81. The predicted molar refractivity (Wildman–Crippen MR) is 82.7 cm³/mol. The number of rotatable bonds is 6. The fraction of sp³-hybridized carbons (Fsp3) is 0.786. The van der Waals surface area contributed by atoms with Crippen LogP contribution in [0, 0.1) is 0 Å². The summed E-state index contributed by atoms with van der Waals surface area (Å²) < 4.78 is 2.13. The number of hydrogen-bond donors (Lipinski definition) is 1. The first kappa shape index (κ1) is 14.9. The summed E-state index contributed by atoms with van der Waals surface area (Å²) in [4.78, 5) is 2.50. The van der Waals surface area contributed by atoms with Crippen LogP contribution >= 0.6 is 11.8 Å². The zero-order valence-electron chi connectivity index (χ0n) is 12.3. The third-order valence-corrected chi connectivity index (χ3v) is 4.86. The van der Waals surface area contributed by atoms with Crippen LogP contribution in [0.25, 0.3) is 0 Å². The molecule has 1 aliphatic rings. The average molecular weight is 282 g/mol. The summed E-state index contributed by atoms with van der Waals surface area (Å²) in [7, 11) is 2.25. The lowest BCUT2D eigenvalue weighted by molar-refractivity contribution is 0.209. The summed E-state index contributed by atoms with van der Waals surface area (Å²) in [6, 6.07) is 3.12. The van der Waals surface area contributed by atoms with Crippen molar-refractivity contribution in [2.75, 3.05) is 31.6 Å². The van der Waals surface area contributed by atoms with Gasteiger partial charge in [-0.1, -0.05) is 6.92 Å². The van der Waals surface area contributed by atoms with E-state index >= 15 is 0 Å². The first-order valence-corrected chi connectivity index (χ1v) is 8.46. The molecule has 0 amide bonds. The van der Waals surface area contributed by atoms with E-state index < -0.39 is 0 Å². The molecule has 0 radical (unpaired) electrons. The molecule has 1 aliphatic heterocycles. The quantitative estimate of drug-likeness (QED) is 0.865. The highest BCUT2D eigenvalue weighted by Gasteiger charge is 2.30. The topological polar surface area (TPSA) is 33.1 Å². The highest BCUT2D eigenvalue weighted by Crippen LogP contribution is 2.26. The van der Waals surface area contributed by atoms with Crippen LogP contribution in [0.15, 0.2) is 12.3 Å². The fourth-order valence-corrected chi connectivity index (χ4v) is 3.94. The van der Waals surface area contributed by atoms with Crippen LogP contribution in [-0.2, 0) is 6.54 Å². The monoisotopic (exact) mass is 282 g/mol. The van der Waals surface area contributed by atoms with Gasteiger partial charge in [0.1, 0.15) is 0 Å². The Balaban J connectivity index is 2.19. The molecular weight excluding hydrogens is 256 g/mol. The van der Waals surface area contributed by atoms with E-state index in [9.17, 15) is 0 Å². The minimum Gasteiger partial charge on any atom is -0.307 e. The van der Waals surface area contributed by atoms with Gasteiger partial charge in [-0.15, -0.1) is 0 Å². The van der Waals surface area contributed by atoms with Crippen molar-refractivity contribution in [2.24, 2.45) is 0 Å². The lowest BCUT2D eigenvalue weighted by Crippen LogP contribution is -2.48. The largest absolute Gasteiger partial charge is 0.307 e. The van der Waals surface area contributed by atoms with Gasteiger partial charge in [0.05, 0.1) is 11.7 Å². The molecule has 2 rings (SSSR count). The van der Waals surface area contributed by atoms with Crippen molar-refractivity contribution in [1.29, 1.82) is 0 Å². The zero-order chi connectivity index (χ0) is 13.7. The Morgan fingerprint density at radius 2 is 2.37 bits per heavy atom. The van der Waals surface area contributed by atoms with E-state index in [4.69, 9.17) is 0 Å². The van der Waals surface area contributed by atoms with Crippen LogP contribution in [0.1, 0.15) is 32.0 Å². The van der Waals surface area contributed by atoms with Crippen LogP contribution in [-0.4, -0.2) is 52.4 Å². The molecule has 0 saturated carbocycles. The van der Waals surface area contributed by atoms with Gasteiger partial charge in [0.2, 0.25) is 0 Å². The Bertz CT molecular complexity index is 379. The smallest absolute Gasteiger partial charge is 0.0657 e. The van der Waals surface area contributed by atoms with Gasteiger partial charge < -0.3 is 5.32 Å². The SMILES string of the molecule is CCCNC(c1ccnn1CC)C1CSCCN1C. The molecule has 1 saturated heterocycles. The molecule has 1 fully saturated rings. The van der Waals surface area contributed by atoms with Gasteiger partial charge >= 0.3 is 0 Å². The summed E-state index contributed by atoms with van der Waals surface area (Å²) in [5, 5.41) is 8.17. The van der Waals surface area contributed by atoms with E-state index in [2.05, 4.69) is 58.7 Å². The molecule has 5 heteroatoms. The van der Waals surface area contributed by atoms with Crippen LogP contribution < -0.4 is 5.32 Å². The van der Waals surface area contributed by atoms with E-state index in [1.807, 2.05) is 6.20 Å². The number of aromatic nitrogens is 2. The summed E-state index contributed by atoms with van der Waals surface area (Å²) in [6.07, 6.45) is 3.09. The fourth-order valence-electron chi connectivity index (χ4n) is 2.67. The maximum Gasteiger partial charge on any atom is 0.0657 e. The molecule has 1 aromatic heterocycles. The minimum absolute atomic E-state index is 0.389. The second kappa shape index (κ2) is 7.31. The maximum atomic E-state index is 4.43. The van der Waals surface area contributed by atoms with Gasteiger partial charge in [0.25, 0.3) is 0 Å². The number of nitrogens with zero attached hydrogens (tertiary/aromatic N) is 3. The minimum atomic E-state index is 0.389. The molecule has 2 atom stereocenters. The number of thioether (sulfide) groups is 1. The van der Waals surface area contributed by atoms with Crippen LogP contribution in [0.4, 0.5) is 0 Å². The summed E-state index contributed by atoms with van der Waals surface area (Å²) in [5.41, 5.74) is 1.33. The van der Waals surface area contributed by atoms with E-state index in [1.165, 1.54) is 30.2 Å². The number of aryl methyl sites for hydroxylation is 1. The lowest BCUT2D eigenvalue weighted by atomic mass is 10.0. The second-order valence-corrected chi connectivity index (χ2v) is 6.28. The summed E-state index contributed by atoms with van der Waals surface area (Å²) in [6.45, 7) is 7.57. The van der Waals surface area contributed by atoms with Gasteiger partial charge in [-0.2, -0.15) is 16.9 Å². The molecule has 1 N–H and O–H groups in total. The first-order chi connectivity index (χ1) is 9.27. The lowest BCUT2D eigenvalue weighted by Gasteiger charge is -2.38. The molecular formula is C14H26N4S. The van der Waals surface area contributed by atoms with Gasteiger partial charge in [0, 0.05) is 36.8 Å². The average Bonchev–Trinajstić information content (AvgIpc) is 2.89. The first-order valence-electron chi connectivity index (χ1n) is 7.31. The molecule has 1 aromatic rings. The van der Waals surface area contributed by atoms with E-state index in [1.54, 1.807) is 0 Å². The Hall–Kier alpha value is -0.520. The van der Waals surface area contributed by atoms with E-state index in [-0.39, 0.29) is 0 Å². The van der Waals surface area contributed by atoms with E-state index in [0.29, 0.717) is 12.1 Å². The highest BCUT2D eigenvalue weighted by atomic mass is 32.2. The Morgan fingerprint density at radius 1 is 1.53 bits per heavy atom. The summed E-state index contributed by atoms with van der Waals surface area (Å²) in [5.74, 6) is 2.45. The van der Waals surface area contributed by atoms with Gasteiger partial charge in [-0.3, -0.25) is 9.58 Å². The van der Waals surface area contributed by atoms with Gasteiger partial charge in [0.15, 0.2) is 0 Å². The Labute approximate surface area is 120 Å². The molecule has 19 heavy (non-hydrogen) atoms. The molecule has 0 aliphatic carbocycles. The molecule has 0 aromatic carbocycles. The maximum absolute atomic E-state index is 4.43. The van der Waals surface area contributed by atoms with Crippen molar-refractivity contribution in [1.82, 2.24) is 20.0 Å². The molecule has 4 nitrogen and oxygen atoms in total. The Kier molecular flexibility index (Phi) is 5.73. The second-order valence-electron chi connectivity index (χ2n) is 5.13. The van der Waals surface area contributed by atoms with Crippen molar-refractivity contribution in [3.63, 3.8) is 0 Å². The predicted octanol–water partition coefficient (Wildman–Crippen LogP) is 1.99. The number of nitrogens with one attached hydrogen (secondary N) is 1. The summed E-state index contributed by atoms with van der Waals surface area (Å²) >= 11 is 2.07. The molecule has 2 unspecified atom stereocenters. The normalized spacial score (nSPS) is 22.6. The van der Waals surface area contributed by atoms with Crippen molar-refractivity contribution >= 4 is 11.8 Å². The molecule has 2 heterocycles. The number of likely N-dealkylation sites (N-methyl/N-ethyl adjacent to an activating group) is 1. The molecule has 0 spiro atoms. The van der Waals surface area contributed by atoms with Gasteiger partial charge in [-0.25, -0.2) is 0 Å². The zero-order valence-corrected chi connectivity index (χ0v) is 13.1. The van der Waals surface area contributed by atoms with E-state index in [0.717, 1.165) is 13.1 Å². The van der Waals surface area contributed by atoms with Gasteiger partial charge in [-0.05, 0) is 33.0 Å². The van der Waals surface area contributed by atoms with Crippen molar-refractivity contribution in [3.8, 4) is 0 Å². The number of hydrogen-bond acceptors (Lipinski definition) is 4. The van der Waals surface area contributed by atoms with Crippen molar-refractivity contribution in [2.45, 2.75) is 38.9 Å². The van der Waals surface area contributed by atoms with Crippen LogP contribution in [0.2, 0.25) is 0 Å². The Morgan fingerprint density at radius 3 is 3.05 bits per heavy atom. The van der Waals surface area contributed by atoms with Crippen molar-refractivity contribution < 1.29 is 0 Å². The van der Waals surface area contributed by atoms with Crippen LogP contribution in [0.5, 0.6) is 0 Å².